The van der Waals surface area contributed by atoms with Crippen LogP contribution in [0.4, 0.5) is 0 Å². The van der Waals surface area contributed by atoms with E-state index in [4.69, 9.17) is 26.4 Å². The fourth-order valence-corrected chi connectivity index (χ4v) is 1.28. The summed E-state index contributed by atoms with van der Waals surface area (Å²) in [6.45, 7) is 1.72. The van der Waals surface area contributed by atoms with E-state index in [9.17, 15) is 0 Å². The zero-order valence-corrected chi connectivity index (χ0v) is 8.17. The molecule has 0 spiro atoms. The minimum absolute atomic E-state index is 0.365. The van der Waals surface area contributed by atoms with E-state index in [1.54, 1.807) is 19.1 Å². The molecule has 0 radical (unpaired) electrons. The highest BCUT2D eigenvalue weighted by atomic mass is 35.5. The molecule has 0 saturated carbocycles. The van der Waals surface area contributed by atoms with Gasteiger partial charge in [0.25, 0.3) is 0 Å². The van der Waals surface area contributed by atoms with Gasteiger partial charge in [-0.2, -0.15) is 0 Å². The first-order valence-electron chi connectivity index (χ1n) is 3.76. The SMILES string of the molecule is COc1cc(Cl)c(C)c(B(O)O)c1. The minimum atomic E-state index is -1.52. The summed E-state index contributed by atoms with van der Waals surface area (Å²) in [6.07, 6.45) is 0. The summed E-state index contributed by atoms with van der Waals surface area (Å²) in [7, 11) is -0.0262. The van der Waals surface area contributed by atoms with Crippen LogP contribution in [0.15, 0.2) is 12.1 Å². The van der Waals surface area contributed by atoms with E-state index in [0.29, 0.717) is 21.8 Å². The molecule has 1 rings (SSSR count). The monoisotopic (exact) mass is 200 g/mol. The summed E-state index contributed by atoms with van der Waals surface area (Å²) in [5.41, 5.74) is 1.02. The number of methoxy groups -OCH3 is 1. The number of hydrogen-bond acceptors (Lipinski definition) is 3. The van der Waals surface area contributed by atoms with Crippen LogP contribution in [0.5, 0.6) is 5.75 Å². The summed E-state index contributed by atoms with van der Waals surface area (Å²) in [4.78, 5) is 0. The van der Waals surface area contributed by atoms with E-state index in [1.165, 1.54) is 7.11 Å². The van der Waals surface area contributed by atoms with Crippen molar-refractivity contribution in [2.45, 2.75) is 6.92 Å². The van der Waals surface area contributed by atoms with Crippen LogP contribution in [-0.4, -0.2) is 24.3 Å². The number of benzene rings is 1. The highest BCUT2D eigenvalue weighted by Gasteiger charge is 2.17. The molecule has 0 heterocycles. The van der Waals surface area contributed by atoms with Crippen molar-refractivity contribution in [1.29, 1.82) is 0 Å². The van der Waals surface area contributed by atoms with Crippen LogP contribution in [-0.2, 0) is 0 Å². The van der Waals surface area contributed by atoms with Crippen LogP contribution < -0.4 is 10.2 Å². The Bertz CT molecular complexity index is 315. The molecule has 3 nitrogen and oxygen atoms in total. The summed E-state index contributed by atoms with van der Waals surface area (Å²) in [5.74, 6) is 0.513. The molecule has 0 aliphatic rings. The zero-order chi connectivity index (χ0) is 10.0. The van der Waals surface area contributed by atoms with Crippen molar-refractivity contribution in [3.8, 4) is 5.75 Å². The predicted octanol–water partition coefficient (Wildman–Crippen LogP) is 0.337. The number of halogens is 1. The first-order chi connectivity index (χ1) is 6.06. The molecule has 0 fully saturated rings. The Morgan fingerprint density at radius 1 is 1.38 bits per heavy atom. The topological polar surface area (TPSA) is 49.7 Å². The maximum absolute atomic E-state index is 8.99. The van der Waals surface area contributed by atoms with Crippen molar-refractivity contribution in [2.75, 3.05) is 7.11 Å². The van der Waals surface area contributed by atoms with Crippen molar-refractivity contribution in [1.82, 2.24) is 0 Å². The van der Waals surface area contributed by atoms with Gasteiger partial charge in [-0.15, -0.1) is 0 Å². The van der Waals surface area contributed by atoms with Crippen molar-refractivity contribution in [3.05, 3.63) is 22.7 Å². The molecule has 1 aromatic carbocycles. The molecule has 0 atom stereocenters. The van der Waals surface area contributed by atoms with Gasteiger partial charge >= 0.3 is 7.12 Å². The standard InChI is InChI=1S/C8H10BClO3/c1-5-7(9(11)12)3-6(13-2)4-8(5)10/h3-4,11-12H,1-2H3. The molecule has 0 aliphatic heterocycles. The summed E-state index contributed by atoms with van der Waals surface area (Å²) in [6, 6.07) is 3.18. The first-order valence-corrected chi connectivity index (χ1v) is 4.14. The molecule has 1 aromatic rings. The molecule has 0 aliphatic carbocycles. The molecule has 13 heavy (non-hydrogen) atoms. The van der Waals surface area contributed by atoms with Gasteiger partial charge in [-0.05, 0) is 30.1 Å². The molecule has 0 saturated heterocycles. The molecule has 0 unspecified atom stereocenters. The van der Waals surface area contributed by atoms with E-state index in [2.05, 4.69) is 0 Å². The highest BCUT2D eigenvalue weighted by Crippen LogP contribution is 2.20. The molecule has 0 bridgehead atoms. The van der Waals surface area contributed by atoms with Gasteiger partial charge in [-0.3, -0.25) is 0 Å². The fraction of sp³-hybridized carbons (Fsp3) is 0.250. The lowest BCUT2D eigenvalue weighted by atomic mass is 9.77. The third-order valence-electron chi connectivity index (χ3n) is 1.87. The molecule has 70 valence electrons. The lowest BCUT2D eigenvalue weighted by Gasteiger charge is -2.09. The quantitative estimate of drug-likeness (QED) is 0.677. The Balaban J connectivity index is 3.25. The maximum atomic E-state index is 8.99. The van der Waals surface area contributed by atoms with E-state index >= 15 is 0 Å². The summed E-state index contributed by atoms with van der Waals surface area (Å²) in [5, 5.41) is 18.4. The van der Waals surface area contributed by atoms with Crippen molar-refractivity contribution in [3.63, 3.8) is 0 Å². The smallest absolute Gasteiger partial charge is 0.488 e. The van der Waals surface area contributed by atoms with Crippen LogP contribution >= 0.6 is 11.6 Å². The van der Waals surface area contributed by atoms with Crippen LogP contribution in [0.3, 0.4) is 0 Å². The average Bonchev–Trinajstić information content (AvgIpc) is 2.09. The van der Waals surface area contributed by atoms with Gasteiger partial charge in [0.05, 0.1) is 7.11 Å². The van der Waals surface area contributed by atoms with Gasteiger partial charge in [0.15, 0.2) is 0 Å². The summed E-state index contributed by atoms with van der Waals surface area (Å²) < 4.78 is 4.93. The van der Waals surface area contributed by atoms with E-state index in [1.807, 2.05) is 0 Å². The summed E-state index contributed by atoms with van der Waals surface area (Å²) >= 11 is 5.84. The van der Waals surface area contributed by atoms with Crippen LogP contribution in [0.25, 0.3) is 0 Å². The van der Waals surface area contributed by atoms with Crippen LogP contribution in [0.1, 0.15) is 5.56 Å². The third kappa shape index (κ3) is 2.15. The maximum Gasteiger partial charge on any atom is 0.488 e. The number of rotatable bonds is 2. The Hall–Kier alpha value is -0.705. The Morgan fingerprint density at radius 3 is 2.46 bits per heavy atom. The molecular weight excluding hydrogens is 190 g/mol. The second-order valence-electron chi connectivity index (χ2n) is 2.70. The zero-order valence-electron chi connectivity index (χ0n) is 7.41. The second-order valence-corrected chi connectivity index (χ2v) is 3.10. The normalized spacial score (nSPS) is 9.92. The van der Waals surface area contributed by atoms with Crippen molar-refractivity contribution >= 4 is 24.2 Å². The lowest BCUT2D eigenvalue weighted by Crippen LogP contribution is -2.32. The lowest BCUT2D eigenvalue weighted by molar-refractivity contribution is 0.412. The van der Waals surface area contributed by atoms with Gasteiger partial charge < -0.3 is 14.8 Å². The Morgan fingerprint density at radius 2 is 2.00 bits per heavy atom. The second kappa shape index (κ2) is 4.00. The van der Waals surface area contributed by atoms with E-state index in [-0.39, 0.29) is 0 Å². The van der Waals surface area contributed by atoms with Gasteiger partial charge in [0.1, 0.15) is 5.75 Å². The van der Waals surface area contributed by atoms with Gasteiger partial charge in [0.2, 0.25) is 0 Å². The average molecular weight is 200 g/mol. The highest BCUT2D eigenvalue weighted by molar-refractivity contribution is 6.59. The Kier molecular flexibility index (Phi) is 3.19. The van der Waals surface area contributed by atoms with Gasteiger partial charge in [-0.25, -0.2) is 0 Å². The minimum Gasteiger partial charge on any atom is -0.497 e. The molecule has 5 heteroatoms. The van der Waals surface area contributed by atoms with Crippen molar-refractivity contribution in [2.24, 2.45) is 0 Å². The molecule has 2 N–H and O–H groups in total. The van der Waals surface area contributed by atoms with E-state index < -0.39 is 7.12 Å². The van der Waals surface area contributed by atoms with Crippen LogP contribution in [0.2, 0.25) is 5.02 Å². The van der Waals surface area contributed by atoms with Gasteiger partial charge in [-0.1, -0.05) is 11.6 Å². The van der Waals surface area contributed by atoms with Crippen LogP contribution in [0, 0.1) is 6.92 Å². The third-order valence-corrected chi connectivity index (χ3v) is 2.26. The first kappa shape index (κ1) is 10.4. The van der Waals surface area contributed by atoms with E-state index in [0.717, 1.165) is 0 Å². The predicted molar refractivity (Wildman–Crippen MR) is 52.6 cm³/mol. The fourth-order valence-electron chi connectivity index (χ4n) is 1.06. The van der Waals surface area contributed by atoms with Gasteiger partial charge in [0, 0.05) is 5.02 Å². The molecule has 0 aromatic heterocycles. The largest absolute Gasteiger partial charge is 0.497 e. The number of hydrogen-bond donors (Lipinski definition) is 2. The molecular formula is C8H10BClO3. The molecule has 0 amide bonds. The number of ether oxygens (including phenoxy) is 1. The Labute approximate surface area is 82.1 Å². The van der Waals surface area contributed by atoms with Crippen molar-refractivity contribution < 1.29 is 14.8 Å².